The van der Waals surface area contributed by atoms with Crippen molar-refractivity contribution in [1.82, 2.24) is 9.29 Å². The molecule has 9 heteroatoms. The Bertz CT molecular complexity index is 690. The van der Waals surface area contributed by atoms with Gasteiger partial charge in [-0.1, -0.05) is 6.92 Å². The Labute approximate surface area is 119 Å². The van der Waals surface area contributed by atoms with Crippen LogP contribution in [-0.2, 0) is 16.6 Å². The van der Waals surface area contributed by atoms with Gasteiger partial charge in [0.15, 0.2) is 9.90 Å². The van der Waals surface area contributed by atoms with E-state index in [1.165, 1.54) is 11.8 Å². The molecule has 2 heterocycles. The van der Waals surface area contributed by atoms with Gasteiger partial charge in [0.2, 0.25) is 0 Å². The van der Waals surface area contributed by atoms with Gasteiger partial charge in [-0.05, 0) is 12.1 Å². The summed E-state index contributed by atoms with van der Waals surface area (Å²) in [7, 11) is -3.91. The molecule has 0 saturated heterocycles. The molecule has 0 saturated carbocycles. The van der Waals surface area contributed by atoms with Gasteiger partial charge in [-0.25, -0.2) is 18.2 Å². The minimum Gasteiger partial charge on any atom is -0.476 e. The molecule has 2 aromatic rings. The molecule has 0 aromatic carbocycles. The van der Waals surface area contributed by atoms with Crippen molar-refractivity contribution in [2.75, 3.05) is 6.54 Å². The summed E-state index contributed by atoms with van der Waals surface area (Å²) in [5, 5.41) is 8.97. The molecule has 0 fully saturated rings. The van der Waals surface area contributed by atoms with E-state index in [0.29, 0.717) is 5.76 Å². The third-order valence-corrected chi connectivity index (χ3v) is 5.84. The number of sulfonamides is 1. The molecule has 0 aliphatic carbocycles. The van der Waals surface area contributed by atoms with Gasteiger partial charge in [0.05, 0.1) is 18.3 Å². The van der Waals surface area contributed by atoms with E-state index >= 15 is 0 Å². The molecule has 0 aliphatic rings. The molecule has 7 nitrogen and oxygen atoms in total. The summed E-state index contributed by atoms with van der Waals surface area (Å²) in [4.78, 5) is 14.6. The molecule has 0 unspecified atom stereocenters. The van der Waals surface area contributed by atoms with Crippen LogP contribution in [-0.4, -0.2) is 35.3 Å². The standard InChI is InChI=1S/C11H12N2O5S2/c1-2-13(6-8-4-3-5-18-8)20(16,17)11-9(10(14)15)12-7-19-11/h3-5,7H,2,6H2,1H3,(H,14,15). The van der Waals surface area contributed by atoms with Crippen molar-refractivity contribution in [2.24, 2.45) is 0 Å². The van der Waals surface area contributed by atoms with Crippen molar-refractivity contribution < 1.29 is 22.7 Å². The predicted molar refractivity (Wildman–Crippen MR) is 71.1 cm³/mol. The average Bonchev–Trinajstić information content (AvgIpc) is 3.06. The van der Waals surface area contributed by atoms with E-state index in [4.69, 9.17) is 9.52 Å². The molecule has 0 atom stereocenters. The van der Waals surface area contributed by atoms with Crippen LogP contribution in [0.4, 0.5) is 0 Å². The number of nitrogens with zero attached hydrogens (tertiary/aromatic N) is 2. The van der Waals surface area contributed by atoms with Crippen molar-refractivity contribution in [3.8, 4) is 0 Å². The normalized spacial score (nSPS) is 11.9. The maximum Gasteiger partial charge on any atom is 0.356 e. The Morgan fingerprint density at radius 3 is 2.85 bits per heavy atom. The van der Waals surface area contributed by atoms with Crippen molar-refractivity contribution in [3.63, 3.8) is 0 Å². The van der Waals surface area contributed by atoms with E-state index in [1.807, 2.05) is 0 Å². The number of carboxylic acids is 1. The second kappa shape index (κ2) is 5.73. The maximum atomic E-state index is 12.5. The maximum absolute atomic E-state index is 12.5. The number of carbonyl (C=O) groups is 1. The molecule has 108 valence electrons. The number of furan rings is 1. The zero-order valence-electron chi connectivity index (χ0n) is 10.5. The quantitative estimate of drug-likeness (QED) is 0.869. The third-order valence-electron chi connectivity index (χ3n) is 2.58. The fraction of sp³-hybridized carbons (Fsp3) is 0.273. The van der Waals surface area contributed by atoms with Crippen LogP contribution in [0.2, 0.25) is 0 Å². The van der Waals surface area contributed by atoms with Gasteiger partial charge in [-0.2, -0.15) is 4.31 Å². The highest BCUT2D eigenvalue weighted by Crippen LogP contribution is 2.25. The molecule has 1 N–H and O–H groups in total. The van der Waals surface area contributed by atoms with Gasteiger partial charge in [-0.15, -0.1) is 11.3 Å². The second-order valence-electron chi connectivity index (χ2n) is 3.80. The van der Waals surface area contributed by atoms with Crippen molar-refractivity contribution in [1.29, 1.82) is 0 Å². The topological polar surface area (TPSA) is 101 Å². The lowest BCUT2D eigenvalue weighted by Crippen LogP contribution is -2.30. The Hall–Kier alpha value is -1.71. The molecule has 2 rings (SSSR count). The number of aromatic carboxylic acids is 1. The van der Waals surface area contributed by atoms with Gasteiger partial charge < -0.3 is 9.52 Å². The van der Waals surface area contributed by atoms with Crippen LogP contribution in [0.25, 0.3) is 0 Å². The molecular formula is C11H12N2O5S2. The minimum atomic E-state index is -3.91. The van der Waals surface area contributed by atoms with Crippen LogP contribution in [0.5, 0.6) is 0 Å². The molecular weight excluding hydrogens is 304 g/mol. The zero-order valence-corrected chi connectivity index (χ0v) is 12.1. The Kier molecular flexibility index (Phi) is 4.21. The predicted octanol–water partition coefficient (Wildman–Crippen LogP) is 1.65. The molecule has 20 heavy (non-hydrogen) atoms. The number of rotatable bonds is 6. The average molecular weight is 316 g/mol. The van der Waals surface area contributed by atoms with Gasteiger partial charge >= 0.3 is 5.97 Å². The fourth-order valence-corrected chi connectivity index (χ4v) is 4.31. The second-order valence-corrected chi connectivity index (χ2v) is 6.79. The Morgan fingerprint density at radius 1 is 1.55 bits per heavy atom. The molecule has 0 amide bonds. The van der Waals surface area contributed by atoms with Crippen molar-refractivity contribution in [2.45, 2.75) is 17.7 Å². The van der Waals surface area contributed by atoms with Crippen LogP contribution in [0, 0.1) is 0 Å². The molecule has 0 spiro atoms. The summed E-state index contributed by atoms with van der Waals surface area (Å²) >= 11 is 0.789. The van der Waals surface area contributed by atoms with Crippen molar-refractivity contribution in [3.05, 3.63) is 35.4 Å². The summed E-state index contributed by atoms with van der Waals surface area (Å²) in [5.74, 6) is -0.879. The largest absolute Gasteiger partial charge is 0.476 e. The summed E-state index contributed by atoms with van der Waals surface area (Å²) in [6, 6.07) is 3.31. The lowest BCUT2D eigenvalue weighted by atomic mass is 10.4. The van der Waals surface area contributed by atoms with Crippen LogP contribution >= 0.6 is 11.3 Å². The number of hydrogen-bond acceptors (Lipinski definition) is 6. The lowest BCUT2D eigenvalue weighted by Gasteiger charge is -2.18. The van der Waals surface area contributed by atoms with Crippen LogP contribution < -0.4 is 0 Å². The highest BCUT2D eigenvalue weighted by molar-refractivity contribution is 7.91. The van der Waals surface area contributed by atoms with E-state index in [-0.39, 0.29) is 17.3 Å². The number of hydrogen-bond donors (Lipinski definition) is 1. The van der Waals surface area contributed by atoms with Crippen LogP contribution in [0.1, 0.15) is 23.2 Å². The number of aromatic nitrogens is 1. The van der Waals surface area contributed by atoms with Gasteiger partial charge in [0.25, 0.3) is 10.0 Å². The first kappa shape index (κ1) is 14.7. The Balaban J connectivity index is 2.36. The molecule has 0 bridgehead atoms. The van der Waals surface area contributed by atoms with Gasteiger partial charge in [0.1, 0.15) is 5.76 Å². The van der Waals surface area contributed by atoms with E-state index in [2.05, 4.69) is 4.98 Å². The summed E-state index contributed by atoms with van der Waals surface area (Å²) in [6.45, 7) is 1.91. The molecule has 0 radical (unpaired) electrons. The summed E-state index contributed by atoms with van der Waals surface area (Å²) < 4.78 is 30.9. The SMILES string of the molecule is CCN(Cc1ccco1)S(=O)(=O)c1scnc1C(=O)O. The highest BCUT2D eigenvalue weighted by Gasteiger charge is 2.31. The first-order chi connectivity index (χ1) is 9.46. The van der Waals surface area contributed by atoms with E-state index in [9.17, 15) is 13.2 Å². The zero-order chi connectivity index (χ0) is 14.8. The Morgan fingerprint density at radius 2 is 2.30 bits per heavy atom. The van der Waals surface area contributed by atoms with E-state index < -0.39 is 21.7 Å². The summed E-state index contributed by atoms with van der Waals surface area (Å²) in [5.41, 5.74) is 0.754. The van der Waals surface area contributed by atoms with Crippen LogP contribution in [0.3, 0.4) is 0 Å². The first-order valence-electron chi connectivity index (χ1n) is 5.66. The van der Waals surface area contributed by atoms with Crippen molar-refractivity contribution >= 4 is 27.3 Å². The third kappa shape index (κ3) is 2.74. The first-order valence-corrected chi connectivity index (χ1v) is 7.98. The highest BCUT2D eigenvalue weighted by atomic mass is 32.2. The van der Waals surface area contributed by atoms with E-state index in [1.54, 1.807) is 19.1 Å². The smallest absolute Gasteiger partial charge is 0.356 e. The van der Waals surface area contributed by atoms with Gasteiger partial charge in [-0.3, -0.25) is 0 Å². The minimum absolute atomic E-state index is 0.0444. The summed E-state index contributed by atoms with van der Waals surface area (Å²) in [6.07, 6.45) is 1.45. The monoisotopic (exact) mass is 316 g/mol. The lowest BCUT2D eigenvalue weighted by molar-refractivity contribution is 0.0687. The number of carboxylic acid groups (broad SMARTS) is 1. The van der Waals surface area contributed by atoms with E-state index in [0.717, 1.165) is 15.6 Å². The fourth-order valence-electron chi connectivity index (χ4n) is 1.62. The van der Waals surface area contributed by atoms with Crippen LogP contribution in [0.15, 0.2) is 32.5 Å². The number of thiazole rings is 1. The molecule has 0 aliphatic heterocycles. The molecule has 2 aromatic heterocycles. The van der Waals surface area contributed by atoms with Gasteiger partial charge in [0, 0.05) is 6.54 Å².